The summed E-state index contributed by atoms with van der Waals surface area (Å²) in [7, 11) is 0. The fraction of sp³-hybridized carbons (Fsp3) is 0.231. The van der Waals surface area contributed by atoms with Crippen LogP contribution in [0.3, 0.4) is 0 Å². The molecule has 7 heteroatoms. The van der Waals surface area contributed by atoms with Crippen molar-refractivity contribution in [3.05, 3.63) is 78.9 Å². The van der Waals surface area contributed by atoms with Gasteiger partial charge in [0, 0.05) is 30.0 Å². The Morgan fingerprint density at radius 2 is 1.94 bits per heavy atom. The van der Waals surface area contributed by atoms with E-state index in [1.165, 1.54) is 25.0 Å². The number of piperidine rings is 1. The first kappa shape index (κ1) is 21.2. The third kappa shape index (κ3) is 4.88. The molecule has 168 valence electrons. The average Bonchev–Trinajstić information content (AvgIpc) is 3.27. The Labute approximate surface area is 191 Å². The van der Waals surface area contributed by atoms with Crippen LogP contribution in [0.1, 0.15) is 19.3 Å². The Morgan fingerprint density at radius 1 is 1.06 bits per heavy atom. The van der Waals surface area contributed by atoms with Crippen LogP contribution in [-0.4, -0.2) is 34.5 Å². The van der Waals surface area contributed by atoms with E-state index in [1.54, 1.807) is 12.1 Å². The maximum absolute atomic E-state index is 13.2. The SMILES string of the molecule is O=C(NCC1CCCCN1)Nc1cccc(-c2cnc3cc(-c4ccc(F)cc4)ccn23)c1. The summed E-state index contributed by atoms with van der Waals surface area (Å²) in [4.78, 5) is 16.9. The van der Waals surface area contributed by atoms with Crippen molar-refractivity contribution in [2.75, 3.05) is 18.4 Å². The molecular formula is C26H26FN5O. The highest BCUT2D eigenvalue weighted by molar-refractivity contribution is 5.90. The Morgan fingerprint density at radius 3 is 2.76 bits per heavy atom. The molecule has 1 aliphatic heterocycles. The second-order valence-electron chi connectivity index (χ2n) is 8.36. The van der Waals surface area contributed by atoms with Crippen molar-refractivity contribution in [1.82, 2.24) is 20.0 Å². The molecule has 3 heterocycles. The predicted octanol–water partition coefficient (Wildman–Crippen LogP) is 5.07. The molecule has 1 fully saturated rings. The molecule has 0 bridgehead atoms. The number of nitrogens with one attached hydrogen (secondary N) is 3. The van der Waals surface area contributed by atoms with E-state index in [0.29, 0.717) is 12.6 Å². The van der Waals surface area contributed by atoms with Gasteiger partial charge < -0.3 is 16.0 Å². The minimum Gasteiger partial charge on any atom is -0.336 e. The lowest BCUT2D eigenvalue weighted by atomic mass is 10.1. The van der Waals surface area contributed by atoms with Gasteiger partial charge >= 0.3 is 6.03 Å². The molecule has 0 spiro atoms. The largest absolute Gasteiger partial charge is 0.336 e. The summed E-state index contributed by atoms with van der Waals surface area (Å²) in [6, 6.07) is 18.3. The number of imidazole rings is 1. The standard InChI is InChI=1S/C26H26FN5O/c27-21-9-7-18(8-10-21)19-11-13-32-24(17-29-25(32)15-19)20-4-3-6-22(14-20)31-26(33)30-16-23-5-1-2-12-28-23/h3-4,6-11,13-15,17,23,28H,1-2,5,12,16H2,(H2,30,31,33). The van der Waals surface area contributed by atoms with E-state index in [2.05, 4.69) is 20.9 Å². The highest BCUT2D eigenvalue weighted by Crippen LogP contribution is 2.27. The zero-order valence-corrected chi connectivity index (χ0v) is 18.2. The third-order valence-corrected chi connectivity index (χ3v) is 6.03. The second kappa shape index (κ2) is 9.42. The number of hydrogen-bond acceptors (Lipinski definition) is 3. The highest BCUT2D eigenvalue weighted by atomic mass is 19.1. The van der Waals surface area contributed by atoms with Crippen LogP contribution in [-0.2, 0) is 0 Å². The van der Waals surface area contributed by atoms with Gasteiger partial charge in [0.25, 0.3) is 0 Å². The van der Waals surface area contributed by atoms with Gasteiger partial charge in [-0.1, -0.05) is 30.7 Å². The smallest absolute Gasteiger partial charge is 0.319 e. The maximum Gasteiger partial charge on any atom is 0.319 e. The van der Waals surface area contributed by atoms with Gasteiger partial charge in [0.1, 0.15) is 11.5 Å². The van der Waals surface area contributed by atoms with Crippen molar-refractivity contribution < 1.29 is 9.18 Å². The highest BCUT2D eigenvalue weighted by Gasteiger charge is 2.14. The monoisotopic (exact) mass is 443 g/mol. The zero-order chi connectivity index (χ0) is 22.6. The number of aromatic nitrogens is 2. The van der Waals surface area contributed by atoms with Gasteiger partial charge in [0.2, 0.25) is 0 Å². The number of rotatable bonds is 5. The minimum absolute atomic E-state index is 0.207. The number of fused-ring (bicyclic) bond motifs is 1. The van der Waals surface area contributed by atoms with E-state index >= 15 is 0 Å². The molecule has 2 aromatic heterocycles. The fourth-order valence-corrected chi connectivity index (χ4v) is 4.26. The van der Waals surface area contributed by atoms with Crippen LogP contribution in [0.15, 0.2) is 73.1 Å². The van der Waals surface area contributed by atoms with Crippen LogP contribution in [0.4, 0.5) is 14.9 Å². The molecule has 1 unspecified atom stereocenters. The molecule has 0 aliphatic carbocycles. The van der Waals surface area contributed by atoms with Crippen LogP contribution < -0.4 is 16.0 Å². The quantitative estimate of drug-likeness (QED) is 0.403. The van der Waals surface area contributed by atoms with Crippen molar-refractivity contribution >= 4 is 17.4 Å². The van der Waals surface area contributed by atoms with Gasteiger partial charge in [0.05, 0.1) is 11.9 Å². The van der Waals surface area contributed by atoms with Gasteiger partial charge in [-0.3, -0.25) is 4.40 Å². The molecule has 2 aromatic carbocycles. The third-order valence-electron chi connectivity index (χ3n) is 6.03. The topological polar surface area (TPSA) is 70.5 Å². The molecule has 1 atom stereocenters. The lowest BCUT2D eigenvalue weighted by Crippen LogP contribution is -2.44. The van der Waals surface area contributed by atoms with Crippen LogP contribution in [0, 0.1) is 5.82 Å². The van der Waals surface area contributed by atoms with Crippen molar-refractivity contribution in [2.45, 2.75) is 25.3 Å². The normalized spacial score (nSPS) is 16.0. The first-order chi connectivity index (χ1) is 16.2. The first-order valence-corrected chi connectivity index (χ1v) is 11.3. The van der Waals surface area contributed by atoms with Crippen molar-refractivity contribution in [3.63, 3.8) is 0 Å². The van der Waals surface area contributed by atoms with E-state index in [0.717, 1.165) is 46.7 Å². The number of amides is 2. The number of benzene rings is 2. The molecule has 33 heavy (non-hydrogen) atoms. The molecule has 6 nitrogen and oxygen atoms in total. The lowest BCUT2D eigenvalue weighted by molar-refractivity contribution is 0.249. The van der Waals surface area contributed by atoms with Gasteiger partial charge in [-0.15, -0.1) is 0 Å². The molecular weight excluding hydrogens is 417 g/mol. The number of anilines is 1. The van der Waals surface area contributed by atoms with E-state index in [1.807, 2.05) is 53.2 Å². The summed E-state index contributed by atoms with van der Waals surface area (Å²) in [5.74, 6) is -0.254. The van der Waals surface area contributed by atoms with Crippen LogP contribution in [0.5, 0.6) is 0 Å². The number of carbonyl (C=O) groups excluding carboxylic acids is 1. The van der Waals surface area contributed by atoms with Crippen molar-refractivity contribution in [2.24, 2.45) is 0 Å². The summed E-state index contributed by atoms with van der Waals surface area (Å²) >= 11 is 0. The van der Waals surface area contributed by atoms with Gasteiger partial charge in [0.15, 0.2) is 0 Å². The number of urea groups is 1. The molecule has 0 radical (unpaired) electrons. The number of nitrogens with zero attached hydrogens (tertiary/aromatic N) is 2. The molecule has 0 saturated carbocycles. The Kier molecular flexibility index (Phi) is 6.04. The maximum atomic E-state index is 13.2. The zero-order valence-electron chi connectivity index (χ0n) is 18.2. The van der Waals surface area contributed by atoms with Gasteiger partial charge in [-0.2, -0.15) is 0 Å². The average molecular weight is 444 g/mol. The number of halogens is 1. The van der Waals surface area contributed by atoms with Gasteiger partial charge in [-0.25, -0.2) is 14.2 Å². The Hall–Kier alpha value is -3.71. The van der Waals surface area contributed by atoms with Crippen LogP contribution in [0.2, 0.25) is 0 Å². The van der Waals surface area contributed by atoms with Crippen molar-refractivity contribution in [1.29, 1.82) is 0 Å². The number of pyridine rings is 1. The molecule has 2 amide bonds. The summed E-state index contributed by atoms with van der Waals surface area (Å²) in [6.45, 7) is 1.63. The number of carbonyl (C=O) groups is 1. The van der Waals surface area contributed by atoms with E-state index in [9.17, 15) is 9.18 Å². The Balaban J connectivity index is 1.31. The fourth-order valence-electron chi connectivity index (χ4n) is 4.26. The van der Waals surface area contributed by atoms with Crippen LogP contribution >= 0.6 is 0 Å². The van der Waals surface area contributed by atoms with E-state index < -0.39 is 0 Å². The van der Waals surface area contributed by atoms with Gasteiger partial charge in [-0.05, 0) is 66.9 Å². The molecule has 1 aliphatic rings. The van der Waals surface area contributed by atoms with Crippen molar-refractivity contribution in [3.8, 4) is 22.4 Å². The molecule has 4 aromatic rings. The summed E-state index contributed by atoms with van der Waals surface area (Å²) < 4.78 is 15.2. The summed E-state index contributed by atoms with van der Waals surface area (Å²) in [5.41, 5.74) is 5.29. The lowest BCUT2D eigenvalue weighted by Gasteiger charge is -2.23. The molecule has 1 saturated heterocycles. The van der Waals surface area contributed by atoms with Crippen LogP contribution in [0.25, 0.3) is 28.0 Å². The summed E-state index contributed by atoms with van der Waals surface area (Å²) in [5, 5.41) is 9.32. The minimum atomic E-state index is -0.254. The van der Waals surface area contributed by atoms with E-state index in [4.69, 9.17) is 0 Å². The van der Waals surface area contributed by atoms with E-state index in [-0.39, 0.29) is 11.8 Å². The Bertz CT molecular complexity index is 1260. The summed E-state index contributed by atoms with van der Waals surface area (Å²) in [6.07, 6.45) is 7.27. The second-order valence-corrected chi connectivity index (χ2v) is 8.36. The molecule has 3 N–H and O–H groups in total. The molecule has 5 rings (SSSR count). The number of hydrogen-bond donors (Lipinski definition) is 3. The predicted molar refractivity (Wildman–Crippen MR) is 129 cm³/mol. The first-order valence-electron chi connectivity index (χ1n) is 11.3.